The molecule has 1 aromatic carbocycles. The Morgan fingerprint density at radius 3 is 3.10 bits per heavy atom. The van der Waals surface area contributed by atoms with Crippen molar-refractivity contribution in [3.8, 4) is 6.07 Å². The topological polar surface area (TPSA) is 97.4 Å². The van der Waals surface area contributed by atoms with Crippen LogP contribution in [0.25, 0.3) is 0 Å². The summed E-state index contributed by atoms with van der Waals surface area (Å²) in [5.41, 5.74) is 0.551. The molecule has 1 heterocycles. The van der Waals surface area contributed by atoms with E-state index in [1.165, 1.54) is 12.1 Å². The predicted molar refractivity (Wildman–Crippen MR) is 76.1 cm³/mol. The van der Waals surface area contributed by atoms with Crippen molar-refractivity contribution in [3.05, 3.63) is 33.9 Å². The van der Waals surface area contributed by atoms with Crippen LogP contribution in [0.2, 0.25) is 0 Å². The molecule has 1 unspecified atom stereocenters. The molecule has 0 radical (unpaired) electrons. The van der Waals surface area contributed by atoms with Crippen LogP contribution in [0.4, 0.5) is 11.4 Å². The molecule has 2 rings (SSSR count). The summed E-state index contributed by atoms with van der Waals surface area (Å²) in [7, 11) is 0. The number of rotatable bonds is 7. The molecule has 0 aromatic heterocycles. The first-order valence-corrected chi connectivity index (χ1v) is 6.82. The van der Waals surface area contributed by atoms with Gasteiger partial charge in [-0.2, -0.15) is 5.26 Å². The van der Waals surface area contributed by atoms with Gasteiger partial charge in [0.1, 0.15) is 5.69 Å². The second-order valence-corrected chi connectivity index (χ2v) is 4.74. The third kappa shape index (κ3) is 4.41. The van der Waals surface area contributed by atoms with Crippen LogP contribution in [0.5, 0.6) is 0 Å². The van der Waals surface area contributed by atoms with Gasteiger partial charge in [0.05, 0.1) is 35.9 Å². The summed E-state index contributed by atoms with van der Waals surface area (Å²) in [6, 6.07) is 6.23. The molecule has 112 valence electrons. The van der Waals surface area contributed by atoms with Gasteiger partial charge in [-0.25, -0.2) is 0 Å². The maximum Gasteiger partial charge on any atom is 0.293 e. The summed E-state index contributed by atoms with van der Waals surface area (Å²) in [6.45, 7) is 2.25. The van der Waals surface area contributed by atoms with E-state index < -0.39 is 4.92 Å². The van der Waals surface area contributed by atoms with Gasteiger partial charge in [0.15, 0.2) is 0 Å². The number of nitriles is 1. The molecule has 7 heteroatoms. The molecule has 0 bridgehead atoms. The van der Waals surface area contributed by atoms with E-state index in [9.17, 15) is 10.1 Å². The first-order valence-electron chi connectivity index (χ1n) is 6.82. The molecule has 21 heavy (non-hydrogen) atoms. The Kier molecular flexibility index (Phi) is 5.49. The average molecular weight is 291 g/mol. The van der Waals surface area contributed by atoms with Crippen LogP contribution in [-0.4, -0.2) is 37.4 Å². The van der Waals surface area contributed by atoms with Crippen LogP contribution in [0.1, 0.15) is 18.4 Å². The van der Waals surface area contributed by atoms with Gasteiger partial charge in [-0.3, -0.25) is 10.1 Å². The predicted octanol–water partition coefficient (Wildman–Crippen LogP) is 2.07. The zero-order valence-corrected chi connectivity index (χ0v) is 11.6. The maximum atomic E-state index is 11.0. The van der Waals surface area contributed by atoms with Crippen LogP contribution in [-0.2, 0) is 9.47 Å². The number of benzene rings is 1. The van der Waals surface area contributed by atoms with Gasteiger partial charge in [-0.1, -0.05) is 0 Å². The molecule has 1 fully saturated rings. The molecule has 1 aromatic rings. The molecule has 1 aliphatic heterocycles. The highest BCUT2D eigenvalue weighted by molar-refractivity contribution is 5.63. The highest BCUT2D eigenvalue weighted by Crippen LogP contribution is 2.25. The number of nitro groups is 1. The van der Waals surface area contributed by atoms with Crippen LogP contribution in [0, 0.1) is 21.4 Å². The standard InChI is InChI=1S/C14H17N3O4/c15-9-11-3-4-13(14(8-11)17(18)19)16-5-7-20-10-12-2-1-6-21-12/h3-4,8,12,16H,1-2,5-7,10H2. The van der Waals surface area contributed by atoms with E-state index in [1.807, 2.05) is 6.07 Å². The van der Waals surface area contributed by atoms with Gasteiger partial charge >= 0.3 is 0 Å². The van der Waals surface area contributed by atoms with E-state index in [1.54, 1.807) is 6.07 Å². The molecule has 1 aliphatic rings. The number of anilines is 1. The van der Waals surface area contributed by atoms with E-state index in [0.717, 1.165) is 19.4 Å². The Bertz CT molecular complexity index is 536. The van der Waals surface area contributed by atoms with Crippen molar-refractivity contribution in [2.24, 2.45) is 0 Å². The molecule has 1 atom stereocenters. The van der Waals surface area contributed by atoms with Gasteiger partial charge in [-0.05, 0) is 25.0 Å². The minimum absolute atomic E-state index is 0.104. The molecule has 0 aliphatic carbocycles. The van der Waals surface area contributed by atoms with Crippen molar-refractivity contribution >= 4 is 11.4 Å². The summed E-state index contributed by atoms with van der Waals surface area (Å²) in [4.78, 5) is 10.5. The molecular weight excluding hydrogens is 274 g/mol. The normalized spacial score (nSPS) is 17.4. The quantitative estimate of drug-likeness (QED) is 0.469. The number of hydrogen-bond donors (Lipinski definition) is 1. The van der Waals surface area contributed by atoms with Crippen molar-refractivity contribution < 1.29 is 14.4 Å². The number of nitrogens with zero attached hydrogens (tertiary/aromatic N) is 2. The summed E-state index contributed by atoms with van der Waals surface area (Å²) in [5.74, 6) is 0. The number of ether oxygens (including phenoxy) is 2. The lowest BCUT2D eigenvalue weighted by molar-refractivity contribution is -0.384. The zero-order valence-electron chi connectivity index (χ0n) is 11.6. The van der Waals surface area contributed by atoms with Crippen molar-refractivity contribution in [2.45, 2.75) is 18.9 Å². The Hall–Kier alpha value is -2.17. The van der Waals surface area contributed by atoms with Gasteiger partial charge in [-0.15, -0.1) is 0 Å². The van der Waals surface area contributed by atoms with E-state index >= 15 is 0 Å². The Morgan fingerprint density at radius 2 is 2.43 bits per heavy atom. The van der Waals surface area contributed by atoms with E-state index in [-0.39, 0.29) is 17.4 Å². The summed E-state index contributed by atoms with van der Waals surface area (Å²) >= 11 is 0. The van der Waals surface area contributed by atoms with Crippen LogP contribution in [0.15, 0.2) is 18.2 Å². The maximum absolute atomic E-state index is 11.0. The molecule has 1 N–H and O–H groups in total. The molecule has 1 saturated heterocycles. The lowest BCUT2D eigenvalue weighted by atomic mass is 10.2. The Labute approximate surface area is 122 Å². The van der Waals surface area contributed by atoms with E-state index in [4.69, 9.17) is 14.7 Å². The molecule has 7 nitrogen and oxygen atoms in total. The number of nitro benzene ring substituents is 1. The summed E-state index contributed by atoms with van der Waals surface area (Å²) in [6.07, 6.45) is 2.27. The molecule has 0 spiro atoms. The average Bonchev–Trinajstić information content (AvgIpc) is 3.00. The fourth-order valence-electron chi connectivity index (χ4n) is 2.15. The monoisotopic (exact) mass is 291 g/mol. The largest absolute Gasteiger partial charge is 0.377 e. The molecule has 0 amide bonds. The van der Waals surface area contributed by atoms with Crippen LogP contribution in [0.3, 0.4) is 0 Å². The Morgan fingerprint density at radius 1 is 1.57 bits per heavy atom. The van der Waals surface area contributed by atoms with Gasteiger partial charge in [0.2, 0.25) is 0 Å². The summed E-state index contributed by atoms with van der Waals surface area (Å²) in [5, 5.41) is 22.7. The first kappa shape index (κ1) is 15.2. The fourth-order valence-corrected chi connectivity index (χ4v) is 2.15. The SMILES string of the molecule is N#Cc1ccc(NCCOCC2CCCO2)c([N+](=O)[O-])c1. The van der Waals surface area contributed by atoms with E-state index in [2.05, 4.69) is 5.32 Å². The summed E-state index contributed by atoms with van der Waals surface area (Å²) < 4.78 is 10.9. The molecule has 0 saturated carbocycles. The second kappa shape index (κ2) is 7.57. The third-order valence-corrected chi connectivity index (χ3v) is 3.21. The fraction of sp³-hybridized carbons (Fsp3) is 0.500. The zero-order chi connectivity index (χ0) is 15.1. The van der Waals surface area contributed by atoms with Crippen molar-refractivity contribution in [3.63, 3.8) is 0 Å². The second-order valence-electron chi connectivity index (χ2n) is 4.74. The van der Waals surface area contributed by atoms with E-state index in [0.29, 0.717) is 25.4 Å². The lowest BCUT2D eigenvalue weighted by Gasteiger charge is -2.11. The first-order chi connectivity index (χ1) is 10.2. The molecular formula is C14H17N3O4. The smallest absolute Gasteiger partial charge is 0.293 e. The van der Waals surface area contributed by atoms with Gasteiger partial charge in [0.25, 0.3) is 5.69 Å². The number of nitrogens with one attached hydrogen (secondary N) is 1. The number of hydrogen-bond acceptors (Lipinski definition) is 6. The van der Waals surface area contributed by atoms with Crippen molar-refractivity contribution in [1.82, 2.24) is 0 Å². The third-order valence-electron chi connectivity index (χ3n) is 3.21. The minimum atomic E-state index is -0.504. The van der Waals surface area contributed by atoms with Crippen LogP contribution < -0.4 is 5.32 Å². The highest BCUT2D eigenvalue weighted by Gasteiger charge is 2.16. The van der Waals surface area contributed by atoms with Gasteiger partial charge < -0.3 is 14.8 Å². The van der Waals surface area contributed by atoms with Gasteiger partial charge in [0, 0.05) is 19.2 Å². The highest BCUT2D eigenvalue weighted by atomic mass is 16.6. The van der Waals surface area contributed by atoms with Crippen LogP contribution >= 0.6 is 0 Å². The lowest BCUT2D eigenvalue weighted by Crippen LogP contribution is -2.18. The Balaban J connectivity index is 1.79. The minimum Gasteiger partial charge on any atom is -0.377 e. The van der Waals surface area contributed by atoms with Crippen molar-refractivity contribution in [2.75, 3.05) is 31.7 Å². The van der Waals surface area contributed by atoms with Crippen molar-refractivity contribution in [1.29, 1.82) is 5.26 Å².